The van der Waals surface area contributed by atoms with Gasteiger partial charge in [0, 0.05) is 26.2 Å². The van der Waals surface area contributed by atoms with Crippen LogP contribution in [0, 0.1) is 0 Å². The third-order valence-electron chi connectivity index (χ3n) is 3.99. The number of phenols is 2. The SMILES string of the molecule is O=C([O-])N1CCN(C(=O)c2cc3cc(O)ccc3cc2O)CC1. The molecule has 120 valence electrons. The molecule has 1 aliphatic heterocycles. The van der Waals surface area contributed by atoms with Crippen LogP contribution in [0.2, 0.25) is 0 Å². The molecular weight excluding hydrogens is 300 g/mol. The summed E-state index contributed by atoms with van der Waals surface area (Å²) in [5, 5.41) is 31.8. The van der Waals surface area contributed by atoms with Crippen molar-refractivity contribution in [2.45, 2.75) is 0 Å². The maximum absolute atomic E-state index is 12.5. The van der Waals surface area contributed by atoms with E-state index in [1.165, 1.54) is 29.2 Å². The quantitative estimate of drug-likeness (QED) is 0.790. The normalized spacial score (nSPS) is 15.0. The van der Waals surface area contributed by atoms with Crippen molar-refractivity contribution < 1.29 is 24.9 Å². The fraction of sp³-hybridized carbons (Fsp3) is 0.250. The summed E-state index contributed by atoms with van der Waals surface area (Å²) < 4.78 is 0. The summed E-state index contributed by atoms with van der Waals surface area (Å²) in [5.74, 6) is -0.439. The van der Waals surface area contributed by atoms with Gasteiger partial charge in [0.15, 0.2) is 0 Å². The molecule has 0 atom stereocenters. The van der Waals surface area contributed by atoms with E-state index in [4.69, 9.17) is 0 Å². The number of hydrogen-bond donors (Lipinski definition) is 2. The Bertz CT molecular complexity index is 781. The zero-order chi connectivity index (χ0) is 16.6. The van der Waals surface area contributed by atoms with Crippen molar-refractivity contribution >= 4 is 22.8 Å². The van der Waals surface area contributed by atoms with Crippen molar-refractivity contribution in [3.63, 3.8) is 0 Å². The van der Waals surface area contributed by atoms with E-state index in [0.717, 1.165) is 4.90 Å². The molecule has 2 N–H and O–H groups in total. The van der Waals surface area contributed by atoms with Crippen LogP contribution in [0.25, 0.3) is 10.8 Å². The van der Waals surface area contributed by atoms with E-state index in [-0.39, 0.29) is 49.1 Å². The number of piperazine rings is 1. The highest BCUT2D eigenvalue weighted by Gasteiger charge is 2.24. The molecule has 1 aliphatic rings. The molecule has 7 heteroatoms. The Balaban J connectivity index is 1.86. The van der Waals surface area contributed by atoms with E-state index in [1.807, 2.05) is 0 Å². The number of rotatable bonds is 1. The average Bonchev–Trinajstić information content (AvgIpc) is 2.54. The predicted octanol–water partition coefficient (Wildman–Crippen LogP) is 0.352. The van der Waals surface area contributed by atoms with Gasteiger partial charge in [0.1, 0.15) is 17.6 Å². The molecule has 2 aromatic rings. The summed E-state index contributed by atoms with van der Waals surface area (Å²) in [6, 6.07) is 7.66. The number of carbonyl (C=O) groups is 2. The second-order valence-corrected chi connectivity index (χ2v) is 5.45. The zero-order valence-corrected chi connectivity index (χ0v) is 12.2. The number of carboxylic acid groups (broad SMARTS) is 1. The first-order chi connectivity index (χ1) is 11.0. The lowest BCUT2D eigenvalue weighted by molar-refractivity contribution is -0.266. The van der Waals surface area contributed by atoms with Crippen LogP contribution in [0.5, 0.6) is 11.5 Å². The van der Waals surface area contributed by atoms with Gasteiger partial charge in [-0.1, -0.05) is 6.07 Å². The van der Waals surface area contributed by atoms with E-state index in [9.17, 15) is 24.9 Å². The number of fused-ring (bicyclic) bond motifs is 1. The minimum absolute atomic E-state index is 0.0733. The number of hydrogen-bond acceptors (Lipinski definition) is 5. The van der Waals surface area contributed by atoms with Crippen LogP contribution < -0.4 is 5.11 Å². The topological polar surface area (TPSA) is 104 Å². The molecule has 0 unspecified atom stereocenters. The largest absolute Gasteiger partial charge is 0.530 e. The summed E-state index contributed by atoms with van der Waals surface area (Å²) in [6.45, 7) is 0.848. The monoisotopic (exact) mass is 315 g/mol. The molecule has 1 saturated heterocycles. The van der Waals surface area contributed by atoms with Gasteiger partial charge in [-0.3, -0.25) is 4.79 Å². The Labute approximate surface area is 132 Å². The van der Waals surface area contributed by atoms with E-state index < -0.39 is 6.09 Å². The molecule has 1 fully saturated rings. The van der Waals surface area contributed by atoms with Crippen LogP contribution in [-0.2, 0) is 0 Å². The van der Waals surface area contributed by atoms with Crippen LogP contribution >= 0.6 is 0 Å². The van der Waals surface area contributed by atoms with Crippen LogP contribution in [0.3, 0.4) is 0 Å². The number of carbonyl (C=O) groups excluding carboxylic acids is 2. The second kappa shape index (κ2) is 5.68. The highest BCUT2D eigenvalue weighted by molar-refractivity contribution is 6.01. The minimum atomic E-state index is -1.25. The lowest BCUT2D eigenvalue weighted by Crippen LogP contribution is -2.53. The summed E-state index contributed by atoms with van der Waals surface area (Å²) in [5.41, 5.74) is 0.130. The van der Waals surface area contributed by atoms with Gasteiger partial charge in [0.2, 0.25) is 0 Å². The smallest absolute Gasteiger partial charge is 0.257 e. The molecule has 2 aromatic carbocycles. The maximum atomic E-state index is 12.5. The number of phenolic OH excluding ortho intramolecular Hbond substituents is 2. The zero-order valence-electron chi connectivity index (χ0n) is 12.2. The third-order valence-corrected chi connectivity index (χ3v) is 3.99. The van der Waals surface area contributed by atoms with Crippen LogP contribution in [0.1, 0.15) is 10.4 Å². The molecule has 0 radical (unpaired) electrons. The lowest BCUT2D eigenvalue weighted by Gasteiger charge is -2.36. The van der Waals surface area contributed by atoms with E-state index >= 15 is 0 Å². The van der Waals surface area contributed by atoms with Gasteiger partial charge in [0.05, 0.1) is 5.56 Å². The highest BCUT2D eigenvalue weighted by atomic mass is 16.4. The molecule has 3 rings (SSSR count). The third kappa shape index (κ3) is 2.85. The van der Waals surface area contributed by atoms with Crippen LogP contribution in [0.4, 0.5) is 4.79 Å². The molecule has 0 spiro atoms. The molecule has 0 bridgehead atoms. The van der Waals surface area contributed by atoms with Gasteiger partial charge < -0.3 is 29.9 Å². The van der Waals surface area contributed by atoms with Crippen molar-refractivity contribution in [1.82, 2.24) is 9.80 Å². The first-order valence-corrected chi connectivity index (χ1v) is 7.16. The van der Waals surface area contributed by atoms with Crippen molar-refractivity contribution in [2.75, 3.05) is 26.2 Å². The van der Waals surface area contributed by atoms with Gasteiger partial charge in [0.25, 0.3) is 5.91 Å². The van der Waals surface area contributed by atoms with Gasteiger partial charge in [-0.25, -0.2) is 0 Å². The fourth-order valence-electron chi connectivity index (χ4n) is 2.71. The number of nitrogens with zero attached hydrogens (tertiary/aromatic N) is 2. The van der Waals surface area contributed by atoms with E-state index in [1.54, 1.807) is 6.07 Å². The minimum Gasteiger partial charge on any atom is -0.530 e. The Hall–Kier alpha value is -2.96. The Kier molecular flexibility index (Phi) is 3.69. The number of aromatic hydroxyl groups is 2. The summed E-state index contributed by atoms with van der Waals surface area (Å²) in [4.78, 5) is 26.0. The van der Waals surface area contributed by atoms with Gasteiger partial charge in [-0.15, -0.1) is 0 Å². The summed E-state index contributed by atoms with van der Waals surface area (Å²) >= 11 is 0. The lowest BCUT2D eigenvalue weighted by atomic mass is 10.0. The molecule has 1 heterocycles. The van der Waals surface area contributed by atoms with Crippen molar-refractivity contribution in [3.8, 4) is 11.5 Å². The average molecular weight is 315 g/mol. The Morgan fingerprint density at radius 3 is 2.22 bits per heavy atom. The molecule has 0 aliphatic carbocycles. The number of amides is 2. The number of benzene rings is 2. The van der Waals surface area contributed by atoms with E-state index in [0.29, 0.717) is 10.8 Å². The van der Waals surface area contributed by atoms with Crippen molar-refractivity contribution in [1.29, 1.82) is 0 Å². The molecule has 7 nitrogen and oxygen atoms in total. The highest BCUT2D eigenvalue weighted by Crippen LogP contribution is 2.28. The first kappa shape index (κ1) is 15.0. The molecule has 0 aromatic heterocycles. The fourth-order valence-corrected chi connectivity index (χ4v) is 2.71. The molecular formula is C16H15N2O5-. The van der Waals surface area contributed by atoms with E-state index in [2.05, 4.69) is 0 Å². The van der Waals surface area contributed by atoms with Gasteiger partial charge >= 0.3 is 0 Å². The molecule has 0 saturated carbocycles. The Morgan fingerprint density at radius 2 is 1.57 bits per heavy atom. The van der Waals surface area contributed by atoms with Crippen molar-refractivity contribution in [2.24, 2.45) is 0 Å². The van der Waals surface area contributed by atoms with Crippen LogP contribution in [0.15, 0.2) is 30.3 Å². The predicted molar refractivity (Wildman–Crippen MR) is 80.2 cm³/mol. The van der Waals surface area contributed by atoms with Gasteiger partial charge in [-0.05, 0) is 35.0 Å². The Morgan fingerprint density at radius 1 is 0.913 bits per heavy atom. The summed E-state index contributed by atoms with van der Waals surface area (Å²) in [7, 11) is 0. The molecule has 2 amide bonds. The molecule has 23 heavy (non-hydrogen) atoms. The first-order valence-electron chi connectivity index (χ1n) is 7.16. The maximum Gasteiger partial charge on any atom is 0.257 e. The summed E-state index contributed by atoms with van der Waals surface area (Å²) in [6.07, 6.45) is -1.25. The van der Waals surface area contributed by atoms with Crippen molar-refractivity contribution in [3.05, 3.63) is 35.9 Å². The van der Waals surface area contributed by atoms with Gasteiger partial charge in [-0.2, -0.15) is 0 Å². The standard InChI is InChI=1S/C16H16N2O5/c19-12-2-1-10-9-14(20)13(8-11(10)7-12)15(21)17-3-5-18(6-4-17)16(22)23/h1-2,7-9,19-20H,3-6H2,(H,22,23)/p-1. The second-order valence-electron chi connectivity index (χ2n) is 5.45. The van der Waals surface area contributed by atoms with Crippen LogP contribution in [-0.4, -0.2) is 58.2 Å².